The lowest BCUT2D eigenvalue weighted by atomic mass is 9.97. The van der Waals surface area contributed by atoms with Gasteiger partial charge in [0.1, 0.15) is 48.8 Å². The third-order valence-corrected chi connectivity index (χ3v) is 18.5. The third-order valence-electron chi connectivity index (χ3n) is 18.5. The smallest absolute Gasteiger partial charge is 0.220 e. The molecular weight excluding hydrogens is 1250 g/mol. The average Bonchev–Trinajstić information content (AvgIpc) is 0.790. The minimum Gasteiger partial charge on any atom is -0.394 e. The van der Waals surface area contributed by atoms with E-state index in [-0.39, 0.29) is 18.9 Å². The molecule has 0 aliphatic carbocycles. The summed E-state index contributed by atoms with van der Waals surface area (Å²) in [6.07, 6.45) is 86.4. The Morgan fingerprint density at radius 2 is 0.700 bits per heavy atom. The maximum Gasteiger partial charge on any atom is 0.220 e. The molecule has 2 aliphatic heterocycles. The molecular formula is C86H145NO13. The highest BCUT2D eigenvalue weighted by Crippen LogP contribution is 2.30. The van der Waals surface area contributed by atoms with E-state index in [1.807, 2.05) is 6.08 Å². The number of carbonyl (C=O) groups excluding carboxylic acids is 1. The van der Waals surface area contributed by atoms with Gasteiger partial charge in [0.25, 0.3) is 0 Å². The van der Waals surface area contributed by atoms with Gasteiger partial charge in [0.15, 0.2) is 12.6 Å². The number of ether oxygens (including phenoxy) is 4. The standard InChI is InChI=1S/C86H145NO13/c1-3-5-7-9-11-13-15-17-19-21-23-25-27-29-31-33-35-36-37-38-40-42-44-46-48-50-52-54-56-58-60-62-64-66-68-70-78(91)87-74(73-97-85-83(96)81(94)84(77(72-89)99-85)100-86-82(95)80(93)79(92)76(71-88)98-86)75(90)69-67-65-63-61-59-57-55-53-51-49-47-45-43-41-39-34-32-30-28-26-24-22-20-18-16-14-12-10-8-6-4-2/h5,7,11,13,17,19,23,25,29,31,35-36,38,40,44,46,50,52,56,58-59,61,67,69,74-77,79-86,88-90,92-96H,3-4,6,8-10,12,14-16,18,20-22,24,26-28,30,32-34,37,39,41-43,45,47-49,51,53-55,57,60,62-66,68,70-73H2,1-2H3,(H,87,91)/b7-5-,13-11-,19-17-,25-23-,31-29-,36-35-,40-38-,46-44-,52-50-,58-56-,61-59+,69-67+. The van der Waals surface area contributed by atoms with Gasteiger partial charge in [-0.2, -0.15) is 0 Å². The zero-order valence-electron chi connectivity index (χ0n) is 62.6. The number of aliphatic hydroxyl groups excluding tert-OH is 8. The van der Waals surface area contributed by atoms with E-state index in [1.54, 1.807) is 6.08 Å². The fourth-order valence-corrected chi connectivity index (χ4v) is 12.2. The summed E-state index contributed by atoms with van der Waals surface area (Å²) in [5, 5.41) is 87.6. The highest BCUT2D eigenvalue weighted by atomic mass is 16.7. The van der Waals surface area contributed by atoms with E-state index in [2.05, 4.69) is 153 Å². The summed E-state index contributed by atoms with van der Waals surface area (Å²) in [5.74, 6) is -0.277. The maximum atomic E-state index is 13.4. The summed E-state index contributed by atoms with van der Waals surface area (Å²) in [6.45, 7) is 2.67. The highest BCUT2D eigenvalue weighted by Gasteiger charge is 2.51. The third kappa shape index (κ3) is 50.3. The molecule has 1 amide bonds. The second-order valence-electron chi connectivity index (χ2n) is 27.4. The number of rotatable bonds is 65. The van der Waals surface area contributed by atoms with Crippen LogP contribution in [-0.2, 0) is 23.7 Å². The van der Waals surface area contributed by atoms with E-state index in [9.17, 15) is 45.6 Å². The van der Waals surface area contributed by atoms with Crippen molar-refractivity contribution in [2.75, 3.05) is 19.8 Å². The molecule has 2 saturated heterocycles. The zero-order valence-corrected chi connectivity index (χ0v) is 62.6. The van der Waals surface area contributed by atoms with Crippen molar-refractivity contribution in [1.29, 1.82) is 0 Å². The highest BCUT2D eigenvalue weighted by molar-refractivity contribution is 5.76. The monoisotopic (exact) mass is 1400 g/mol. The van der Waals surface area contributed by atoms with Gasteiger partial charge in [-0.1, -0.05) is 327 Å². The summed E-state index contributed by atoms with van der Waals surface area (Å²) < 4.78 is 22.9. The van der Waals surface area contributed by atoms with Crippen LogP contribution < -0.4 is 5.32 Å². The van der Waals surface area contributed by atoms with E-state index >= 15 is 0 Å². The van der Waals surface area contributed by atoms with Crippen LogP contribution >= 0.6 is 0 Å². The normalized spacial score (nSPS) is 22.7. The van der Waals surface area contributed by atoms with Crippen molar-refractivity contribution in [2.24, 2.45) is 0 Å². The molecule has 14 heteroatoms. The van der Waals surface area contributed by atoms with Crippen LogP contribution in [0.4, 0.5) is 0 Å². The summed E-state index contributed by atoms with van der Waals surface area (Å²) in [4.78, 5) is 13.4. The molecule has 2 aliphatic rings. The molecule has 2 rings (SSSR count). The van der Waals surface area contributed by atoms with Gasteiger partial charge in [0.05, 0.1) is 32.0 Å². The predicted octanol–water partition coefficient (Wildman–Crippen LogP) is 18.4. The largest absolute Gasteiger partial charge is 0.394 e. The van der Waals surface area contributed by atoms with Crippen LogP contribution in [-0.4, -0.2) is 140 Å². The number of carbonyl (C=O) groups is 1. The number of nitrogens with one attached hydrogen (secondary N) is 1. The van der Waals surface area contributed by atoms with Gasteiger partial charge in [0, 0.05) is 6.42 Å². The summed E-state index contributed by atoms with van der Waals surface area (Å²) >= 11 is 0. The van der Waals surface area contributed by atoms with E-state index in [0.717, 1.165) is 103 Å². The van der Waals surface area contributed by atoms with Gasteiger partial charge in [-0.25, -0.2) is 0 Å². The Balaban J connectivity index is 1.67. The van der Waals surface area contributed by atoms with Gasteiger partial charge in [-0.15, -0.1) is 0 Å². The topological polar surface area (TPSA) is 228 Å². The lowest BCUT2D eigenvalue weighted by molar-refractivity contribution is -0.359. The molecule has 0 aromatic heterocycles. The first kappa shape index (κ1) is 92.0. The molecule has 0 bridgehead atoms. The van der Waals surface area contributed by atoms with Gasteiger partial charge < -0.3 is 65.1 Å². The first-order valence-corrected chi connectivity index (χ1v) is 40.1. The summed E-state index contributed by atoms with van der Waals surface area (Å²) in [5.41, 5.74) is 0. The van der Waals surface area contributed by atoms with Gasteiger partial charge in [-0.3, -0.25) is 4.79 Å². The van der Waals surface area contributed by atoms with Crippen molar-refractivity contribution in [3.8, 4) is 0 Å². The quantitative estimate of drug-likeness (QED) is 0.0204. The van der Waals surface area contributed by atoms with Gasteiger partial charge >= 0.3 is 0 Å². The summed E-state index contributed by atoms with van der Waals surface area (Å²) in [6, 6.07) is -0.959. The van der Waals surface area contributed by atoms with Crippen LogP contribution in [0.3, 0.4) is 0 Å². The fraction of sp³-hybridized carbons (Fsp3) is 0.709. The molecule has 9 N–H and O–H groups in total. The maximum absolute atomic E-state index is 13.4. The molecule has 0 aromatic rings. The van der Waals surface area contributed by atoms with Crippen molar-refractivity contribution in [2.45, 2.75) is 370 Å². The second kappa shape index (κ2) is 68.0. The molecule has 2 heterocycles. The molecule has 0 saturated carbocycles. The number of aliphatic hydroxyl groups is 8. The predicted molar refractivity (Wildman–Crippen MR) is 414 cm³/mol. The molecule has 14 nitrogen and oxygen atoms in total. The van der Waals surface area contributed by atoms with E-state index in [4.69, 9.17) is 18.9 Å². The minimum atomic E-state index is -1.80. The van der Waals surface area contributed by atoms with Crippen LogP contribution in [0.15, 0.2) is 146 Å². The molecule has 0 spiro atoms. The number of hydrogen-bond donors (Lipinski definition) is 9. The first-order chi connectivity index (χ1) is 49.1. The van der Waals surface area contributed by atoms with Crippen LogP contribution in [0.2, 0.25) is 0 Å². The van der Waals surface area contributed by atoms with E-state index in [1.165, 1.54) is 161 Å². The molecule has 12 unspecified atom stereocenters. The molecule has 100 heavy (non-hydrogen) atoms. The molecule has 572 valence electrons. The van der Waals surface area contributed by atoms with Crippen molar-refractivity contribution in [1.82, 2.24) is 5.32 Å². The van der Waals surface area contributed by atoms with Crippen molar-refractivity contribution in [3.05, 3.63) is 146 Å². The van der Waals surface area contributed by atoms with Gasteiger partial charge in [-0.05, 0) is 109 Å². The van der Waals surface area contributed by atoms with Gasteiger partial charge in [0.2, 0.25) is 5.91 Å². The Kier molecular flexibility index (Phi) is 62.5. The zero-order chi connectivity index (χ0) is 72.2. The lowest BCUT2D eigenvalue weighted by Crippen LogP contribution is -2.65. The van der Waals surface area contributed by atoms with Crippen LogP contribution in [0, 0.1) is 0 Å². The minimum absolute atomic E-state index is 0.234. The molecule has 0 radical (unpaired) electrons. The Morgan fingerprint density at radius 1 is 0.370 bits per heavy atom. The molecule has 0 aromatic carbocycles. The Bertz CT molecular complexity index is 2250. The number of hydrogen-bond acceptors (Lipinski definition) is 13. The van der Waals surface area contributed by atoms with Crippen molar-refractivity contribution >= 4 is 5.91 Å². The van der Waals surface area contributed by atoms with E-state index < -0.39 is 86.8 Å². The fourth-order valence-electron chi connectivity index (χ4n) is 12.2. The number of allylic oxidation sites excluding steroid dienone is 23. The van der Waals surface area contributed by atoms with Crippen molar-refractivity contribution < 1.29 is 64.6 Å². The van der Waals surface area contributed by atoms with E-state index in [0.29, 0.717) is 12.8 Å². The van der Waals surface area contributed by atoms with Crippen LogP contribution in [0.5, 0.6) is 0 Å². The number of unbranched alkanes of at least 4 members (excludes halogenated alkanes) is 30. The van der Waals surface area contributed by atoms with Crippen LogP contribution in [0.1, 0.15) is 296 Å². The molecule has 12 atom stereocenters. The summed E-state index contributed by atoms with van der Waals surface area (Å²) in [7, 11) is 0. The molecule has 2 fully saturated rings. The average molecular weight is 1400 g/mol. The first-order valence-electron chi connectivity index (χ1n) is 40.1. The van der Waals surface area contributed by atoms with Crippen molar-refractivity contribution in [3.63, 3.8) is 0 Å². The lowest BCUT2D eigenvalue weighted by Gasteiger charge is -2.46. The Hall–Kier alpha value is -4.13. The Morgan fingerprint density at radius 3 is 1.10 bits per heavy atom. The Labute approximate surface area is 608 Å². The number of amides is 1. The second-order valence-corrected chi connectivity index (χ2v) is 27.4. The van der Waals surface area contributed by atoms with Crippen LogP contribution in [0.25, 0.3) is 0 Å². The SMILES string of the molecule is CC/C=C\C/C=C\C/C=C\C/C=C\C/C=C\C/C=C\C/C=C\C/C=C\C/C=C\C/C=C\CCCCCCC(=O)NC(COC1OC(CO)C(OC2OC(CO)C(O)C(O)C2O)C(O)C1O)C(O)/C=C/CC/C=C/CCCCCCCCCCCCCCCCCCCCCCCCCCC.